The van der Waals surface area contributed by atoms with E-state index in [-0.39, 0.29) is 65.1 Å². The molecule has 3 atom stereocenters. The lowest BCUT2D eigenvalue weighted by atomic mass is 9.69. The molecule has 0 radical (unpaired) electrons. The zero-order chi connectivity index (χ0) is 42.2. The van der Waals surface area contributed by atoms with Crippen LogP contribution in [0.3, 0.4) is 0 Å². The standard InChI is InChI=1S/C48H47F2N5O6/c49-38-23-30(43-34(28-4-2-1-3-5-28)8-6-29-20-33(56)7-9-35(29)43)24-39(50)44(38)54-18-14-48(15-19-54)12-16-53(17-13-48)42(58)27-52-25-31-21-36-37(22-32(31)26-52)47(61)55(46(36)60)40-10-11-41(57)51-45(40)59/h1-5,7,9,20-24,34,40,43,56H,6,8,10-19,25-27H2,(H,51,57,59)/t34-,40?,43+/m1/s1. The van der Waals surface area contributed by atoms with Gasteiger partial charge in [0, 0.05) is 51.6 Å². The number of carbonyl (C=O) groups is 5. The van der Waals surface area contributed by atoms with Crippen LogP contribution in [-0.2, 0) is 33.9 Å². The number of phenols is 1. The molecule has 3 fully saturated rings. The minimum Gasteiger partial charge on any atom is -0.508 e. The van der Waals surface area contributed by atoms with Crippen molar-refractivity contribution in [2.75, 3.05) is 37.6 Å². The fourth-order valence-corrected chi connectivity index (χ4v) is 11.1. The Bertz CT molecular complexity index is 2430. The average Bonchev–Trinajstić information content (AvgIpc) is 3.75. The molecule has 4 aromatic carbocycles. The number of halogens is 2. The van der Waals surface area contributed by atoms with Crippen molar-refractivity contribution in [1.82, 2.24) is 20.0 Å². The average molecular weight is 828 g/mol. The van der Waals surface area contributed by atoms with Crippen LogP contribution in [0.4, 0.5) is 14.5 Å². The number of benzene rings is 4. The molecule has 3 saturated heterocycles. The molecule has 5 aliphatic heterocycles. The third-order valence-electron chi connectivity index (χ3n) is 14.4. The van der Waals surface area contributed by atoms with Crippen LogP contribution in [0.1, 0.15) is 111 Å². The molecule has 314 valence electrons. The molecule has 1 aliphatic carbocycles. The summed E-state index contributed by atoms with van der Waals surface area (Å²) in [7, 11) is 0. The summed E-state index contributed by atoms with van der Waals surface area (Å²) in [6.07, 6.45) is 4.89. The minimum absolute atomic E-state index is 0.00826. The Labute approximate surface area is 352 Å². The van der Waals surface area contributed by atoms with Crippen molar-refractivity contribution in [3.05, 3.63) is 129 Å². The monoisotopic (exact) mass is 827 g/mol. The van der Waals surface area contributed by atoms with Crippen LogP contribution in [-0.4, -0.2) is 88.1 Å². The van der Waals surface area contributed by atoms with Crippen molar-refractivity contribution < 1.29 is 37.9 Å². The van der Waals surface area contributed by atoms with Crippen LogP contribution in [0, 0.1) is 17.0 Å². The summed E-state index contributed by atoms with van der Waals surface area (Å²) < 4.78 is 32.5. The Hall–Kier alpha value is -5.95. The number of anilines is 1. The number of carbonyl (C=O) groups excluding carboxylic acids is 5. The van der Waals surface area contributed by atoms with Gasteiger partial charge in [0.1, 0.15) is 29.1 Å². The summed E-state index contributed by atoms with van der Waals surface area (Å²) in [5.74, 6) is -3.32. The molecule has 61 heavy (non-hydrogen) atoms. The van der Waals surface area contributed by atoms with Crippen molar-refractivity contribution >= 4 is 35.2 Å². The molecular weight excluding hydrogens is 781 g/mol. The maximum atomic E-state index is 16.2. The van der Waals surface area contributed by atoms with E-state index in [1.54, 1.807) is 24.3 Å². The number of imide groups is 2. The highest BCUT2D eigenvalue weighted by Crippen LogP contribution is 2.49. The van der Waals surface area contributed by atoms with Crippen molar-refractivity contribution in [2.24, 2.45) is 5.41 Å². The highest BCUT2D eigenvalue weighted by molar-refractivity contribution is 6.23. The third kappa shape index (κ3) is 6.96. The molecule has 2 N–H and O–H groups in total. The summed E-state index contributed by atoms with van der Waals surface area (Å²) in [6, 6.07) is 20.8. The molecule has 6 aliphatic rings. The van der Waals surface area contributed by atoms with E-state index in [0.717, 1.165) is 71.2 Å². The Morgan fingerprint density at radius 3 is 2.02 bits per heavy atom. The molecule has 4 aromatic rings. The van der Waals surface area contributed by atoms with Gasteiger partial charge in [-0.05, 0) is 126 Å². The van der Waals surface area contributed by atoms with Crippen LogP contribution in [0.5, 0.6) is 5.75 Å². The molecule has 13 heteroatoms. The first-order valence-corrected chi connectivity index (χ1v) is 21.4. The van der Waals surface area contributed by atoms with E-state index in [4.69, 9.17) is 0 Å². The number of nitrogens with zero attached hydrogens (tertiary/aromatic N) is 4. The first-order chi connectivity index (χ1) is 29.4. The van der Waals surface area contributed by atoms with E-state index in [9.17, 15) is 29.1 Å². The van der Waals surface area contributed by atoms with Gasteiger partial charge in [-0.2, -0.15) is 0 Å². The first-order valence-electron chi connectivity index (χ1n) is 21.4. The number of rotatable bonds is 6. The van der Waals surface area contributed by atoms with E-state index < -0.39 is 41.3 Å². The number of aryl methyl sites for hydroxylation is 1. The number of fused-ring (bicyclic) bond motifs is 3. The molecule has 10 rings (SSSR count). The van der Waals surface area contributed by atoms with Gasteiger partial charge in [0.05, 0.1) is 17.7 Å². The second kappa shape index (κ2) is 15.2. The molecule has 1 spiro atoms. The van der Waals surface area contributed by atoms with Crippen molar-refractivity contribution in [3.63, 3.8) is 0 Å². The quantitative estimate of drug-likeness (QED) is 0.221. The van der Waals surface area contributed by atoms with Gasteiger partial charge in [-0.3, -0.25) is 39.1 Å². The topological polar surface area (TPSA) is 131 Å². The van der Waals surface area contributed by atoms with Gasteiger partial charge in [0.15, 0.2) is 0 Å². The maximum Gasteiger partial charge on any atom is 0.262 e. The van der Waals surface area contributed by atoms with Gasteiger partial charge in [-0.1, -0.05) is 36.4 Å². The number of amides is 5. The van der Waals surface area contributed by atoms with Gasteiger partial charge >= 0.3 is 0 Å². The van der Waals surface area contributed by atoms with Crippen molar-refractivity contribution in [2.45, 2.75) is 82.3 Å². The molecular formula is C48H47F2N5O6. The van der Waals surface area contributed by atoms with Crippen molar-refractivity contribution in [1.29, 1.82) is 0 Å². The Balaban J connectivity index is 0.755. The smallest absolute Gasteiger partial charge is 0.262 e. The Kier molecular flexibility index (Phi) is 9.77. The second-order valence-corrected chi connectivity index (χ2v) is 17.9. The summed E-state index contributed by atoms with van der Waals surface area (Å²) in [6.45, 7) is 3.34. The first kappa shape index (κ1) is 39.2. The maximum absolute atomic E-state index is 16.2. The molecule has 1 unspecified atom stereocenters. The summed E-state index contributed by atoms with van der Waals surface area (Å²) in [4.78, 5) is 71.1. The number of piperidine rings is 3. The predicted octanol–water partition coefficient (Wildman–Crippen LogP) is 6.16. The molecule has 0 bridgehead atoms. The molecule has 0 saturated carbocycles. The Morgan fingerprint density at radius 2 is 1.38 bits per heavy atom. The van der Waals surface area contributed by atoms with E-state index in [2.05, 4.69) is 17.4 Å². The molecule has 0 aromatic heterocycles. The lowest BCUT2D eigenvalue weighted by Crippen LogP contribution is -2.54. The highest BCUT2D eigenvalue weighted by Gasteiger charge is 2.46. The van der Waals surface area contributed by atoms with Crippen LogP contribution in [0.2, 0.25) is 0 Å². The zero-order valence-corrected chi connectivity index (χ0v) is 33.8. The van der Waals surface area contributed by atoms with Crippen LogP contribution in [0.25, 0.3) is 0 Å². The van der Waals surface area contributed by atoms with E-state index >= 15 is 8.78 Å². The van der Waals surface area contributed by atoms with E-state index in [1.165, 1.54) is 12.1 Å². The number of nitrogens with one attached hydrogen (secondary N) is 1. The van der Waals surface area contributed by atoms with Gasteiger partial charge in [0.25, 0.3) is 11.8 Å². The number of aromatic hydroxyl groups is 1. The van der Waals surface area contributed by atoms with E-state index in [1.807, 2.05) is 39.0 Å². The fraction of sp³-hybridized carbons (Fsp3) is 0.396. The lowest BCUT2D eigenvalue weighted by Gasteiger charge is -2.47. The van der Waals surface area contributed by atoms with Gasteiger partial charge in [0.2, 0.25) is 17.7 Å². The normalized spacial score (nSPS) is 23.6. The van der Waals surface area contributed by atoms with Gasteiger partial charge in [-0.15, -0.1) is 0 Å². The molecule has 5 heterocycles. The largest absolute Gasteiger partial charge is 0.508 e. The third-order valence-corrected chi connectivity index (χ3v) is 14.4. The van der Waals surface area contributed by atoms with Gasteiger partial charge in [-0.25, -0.2) is 8.78 Å². The number of phenolic OH excluding ortho intramolecular Hbond substituents is 1. The Morgan fingerprint density at radius 1 is 0.738 bits per heavy atom. The summed E-state index contributed by atoms with van der Waals surface area (Å²) in [5, 5.41) is 12.4. The predicted molar refractivity (Wildman–Crippen MR) is 221 cm³/mol. The SMILES string of the molecule is O=C1CCC(N2C(=O)c3cc4c(cc3C2=O)CN(CC(=O)N2CCC3(CC2)CCN(c2c(F)cc([C@@H]5c6ccc(O)cc6CC[C@@H]5c5ccccc5)cc2F)CC3)C4)C(=O)N1. The summed E-state index contributed by atoms with van der Waals surface area (Å²) in [5.41, 5.74) is 5.91. The lowest BCUT2D eigenvalue weighted by molar-refractivity contribution is -0.137. The summed E-state index contributed by atoms with van der Waals surface area (Å²) >= 11 is 0. The van der Waals surface area contributed by atoms with E-state index in [0.29, 0.717) is 44.8 Å². The van der Waals surface area contributed by atoms with Crippen LogP contribution < -0.4 is 10.2 Å². The van der Waals surface area contributed by atoms with Gasteiger partial charge < -0.3 is 14.9 Å². The second-order valence-electron chi connectivity index (χ2n) is 17.9. The van der Waals surface area contributed by atoms with Crippen molar-refractivity contribution in [3.8, 4) is 5.75 Å². The fourth-order valence-electron chi connectivity index (χ4n) is 11.1. The number of likely N-dealkylation sites (tertiary alicyclic amines) is 1. The zero-order valence-electron chi connectivity index (χ0n) is 33.8. The molecule has 5 amide bonds. The minimum atomic E-state index is -1.02. The molecule has 11 nitrogen and oxygen atoms in total. The highest BCUT2D eigenvalue weighted by atomic mass is 19.1. The van der Waals surface area contributed by atoms with Crippen LogP contribution in [0.15, 0.2) is 72.8 Å². The number of hydrogen-bond donors (Lipinski definition) is 2. The number of hydrogen-bond acceptors (Lipinski definition) is 8. The van der Waals surface area contributed by atoms with Crippen LogP contribution >= 0.6 is 0 Å².